The number of nitro benzene ring substituents is 1. The van der Waals surface area contributed by atoms with Gasteiger partial charge in [0.15, 0.2) is 6.61 Å². The maximum absolute atomic E-state index is 12.1. The Morgan fingerprint density at radius 2 is 1.93 bits per heavy atom. The molecule has 0 radical (unpaired) electrons. The molecule has 0 aliphatic rings. The molecule has 0 fully saturated rings. The zero-order valence-electron chi connectivity index (χ0n) is 14.6. The summed E-state index contributed by atoms with van der Waals surface area (Å²) in [6, 6.07) is 9.76. The van der Waals surface area contributed by atoms with Crippen LogP contribution in [0.25, 0.3) is 11.5 Å². The van der Waals surface area contributed by atoms with Crippen molar-refractivity contribution in [2.75, 3.05) is 11.9 Å². The fraction of sp³-hybridized carbons (Fsp3) is 0.167. The van der Waals surface area contributed by atoms with E-state index in [1.165, 1.54) is 12.5 Å². The van der Waals surface area contributed by atoms with E-state index in [0.717, 1.165) is 16.7 Å². The highest BCUT2D eigenvalue weighted by atomic mass is 16.6. The lowest BCUT2D eigenvalue weighted by Gasteiger charge is -2.10. The molecule has 0 unspecified atom stereocenters. The van der Waals surface area contributed by atoms with Crippen LogP contribution in [0.1, 0.15) is 11.1 Å². The lowest BCUT2D eigenvalue weighted by atomic mass is 10.1. The summed E-state index contributed by atoms with van der Waals surface area (Å²) >= 11 is 0. The molecule has 0 aliphatic heterocycles. The molecule has 2 aromatic carbocycles. The van der Waals surface area contributed by atoms with Gasteiger partial charge >= 0.3 is 0 Å². The largest absolute Gasteiger partial charge is 0.484 e. The Morgan fingerprint density at radius 3 is 2.56 bits per heavy atom. The van der Waals surface area contributed by atoms with Gasteiger partial charge in [-0.2, -0.15) is 0 Å². The quantitative estimate of drug-likeness (QED) is 0.523. The highest BCUT2D eigenvalue weighted by Gasteiger charge is 2.17. The Hall–Kier alpha value is -3.75. The van der Waals surface area contributed by atoms with Crippen LogP contribution in [0.5, 0.6) is 5.75 Å². The summed E-state index contributed by atoms with van der Waals surface area (Å²) < 4.78 is 10.5. The molecule has 3 aromatic rings. The Balaban J connectivity index is 1.63. The van der Waals surface area contributed by atoms with Gasteiger partial charge in [0.25, 0.3) is 11.6 Å². The first-order valence-corrected chi connectivity index (χ1v) is 7.99. The van der Waals surface area contributed by atoms with Crippen molar-refractivity contribution >= 4 is 17.3 Å². The second kappa shape index (κ2) is 7.65. The maximum Gasteiger partial charge on any atom is 0.293 e. The van der Waals surface area contributed by atoms with Gasteiger partial charge in [-0.3, -0.25) is 14.9 Å². The summed E-state index contributed by atoms with van der Waals surface area (Å²) in [4.78, 5) is 22.8. The standard InChI is InChI=1S/C18H16N4O5/c1-11-7-15(16(22(24)25)8-12(11)2)20-17(23)9-26-14-5-3-13(4-6-14)18-21-19-10-27-18/h3-8,10H,9H2,1-2H3,(H,20,23). The van der Waals surface area contributed by atoms with Crippen molar-refractivity contribution in [1.29, 1.82) is 0 Å². The van der Waals surface area contributed by atoms with Crippen LogP contribution in [0, 0.1) is 24.0 Å². The summed E-state index contributed by atoms with van der Waals surface area (Å²) in [7, 11) is 0. The van der Waals surface area contributed by atoms with Crippen LogP contribution in [-0.4, -0.2) is 27.6 Å². The smallest absolute Gasteiger partial charge is 0.293 e. The lowest BCUT2D eigenvalue weighted by Crippen LogP contribution is -2.21. The first-order chi connectivity index (χ1) is 12.9. The summed E-state index contributed by atoms with van der Waals surface area (Å²) in [5, 5.41) is 21.1. The minimum atomic E-state index is -0.529. The van der Waals surface area contributed by atoms with Crippen LogP contribution in [0.2, 0.25) is 0 Å². The minimum Gasteiger partial charge on any atom is -0.484 e. The molecule has 0 bridgehead atoms. The number of aryl methyl sites for hydroxylation is 2. The van der Waals surface area contributed by atoms with E-state index < -0.39 is 10.8 Å². The van der Waals surface area contributed by atoms with Gasteiger partial charge in [-0.1, -0.05) is 0 Å². The molecule has 0 atom stereocenters. The van der Waals surface area contributed by atoms with Crippen molar-refractivity contribution in [2.24, 2.45) is 0 Å². The summed E-state index contributed by atoms with van der Waals surface area (Å²) in [5.41, 5.74) is 2.32. The van der Waals surface area contributed by atoms with Crippen molar-refractivity contribution < 1.29 is 18.9 Å². The van der Waals surface area contributed by atoms with Crippen molar-refractivity contribution in [3.05, 3.63) is 64.0 Å². The van der Waals surface area contributed by atoms with Gasteiger partial charge < -0.3 is 14.5 Å². The van der Waals surface area contributed by atoms with Crippen LogP contribution in [0.15, 0.2) is 47.2 Å². The van der Waals surface area contributed by atoms with E-state index in [-0.39, 0.29) is 18.0 Å². The number of ether oxygens (including phenoxy) is 1. The minimum absolute atomic E-state index is 0.142. The second-order valence-electron chi connectivity index (χ2n) is 5.82. The third kappa shape index (κ3) is 4.27. The van der Waals surface area contributed by atoms with E-state index >= 15 is 0 Å². The molecule has 1 amide bonds. The van der Waals surface area contributed by atoms with Crippen molar-refractivity contribution in [2.45, 2.75) is 13.8 Å². The molecule has 0 saturated heterocycles. The van der Waals surface area contributed by atoms with E-state index in [2.05, 4.69) is 15.5 Å². The van der Waals surface area contributed by atoms with E-state index in [1.54, 1.807) is 37.3 Å². The predicted octanol–water partition coefficient (Wildman–Crippen LogP) is 3.28. The van der Waals surface area contributed by atoms with E-state index in [4.69, 9.17) is 9.15 Å². The van der Waals surface area contributed by atoms with Crippen LogP contribution >= 0.6 is 0 Å². The molecule has 3 rings (SSSR count). The summed E-state index contributed by atoms with van der Waals surface area (Å²) in [5.74, 6) is 0.340. The van der Waals surface area contributed by atoms with Gasteiger partial charge in [-0.05, 0) is 55.3 Å². The Labute approximate surface area is 154 Å². The number of carbonyl (C=O) groups excluding carboxylic acids is 1. The first kappa shape index (κ1) is 18.1. The molecule has 1 N–H and O–H groups in total. The Morgan fingerprint density at radius 1 is 1.22 bits per heavy atom. The first-order valence-electron chi connectivity index (χ1n) is 7.99. The van der Waals surface area contributed by atoms with Crippen molar-refractivity contribution in [3.63, 3.8) is 0 Å². The second-order valence-corrected chi connectivity index (χ2v) is 5.82. The highest BCUT2D eigenvalue weighted by molar-refractivity contribution is 5.94. The number of carbonyl (C=O) groups is 1. The third-order valence-electron chi connectivity index (χ3n) is 3.91. The number of benzene rings is 2. The maximum atomic E-state index is 12.1. The summed E-state index contributed by atoms with van der Waals surface area (Å²) in [6.07, 6.45) is 1.23. The van der Waals surface area contributed by atoms with Gasteiger partial charge in [-0.25, -0.2) is 0 Å². The monoisotopic (exact) mass is 368 g/mol. The molecule has 138 valence electrons. The van der Waals surface area contributed by atoms with Gasteiger partial charge in [0.05, 0.1) is 4.92 Å². The average Bonchev–Trinajstić information content (AvgIpc) is 3.18. The number of nitro groups is 1. The van der Waals surface area contributed by atoms with Crippen LogP contribution in [-0.2, 0) is 4.79 Å². The fourth-order valence-electron chi connectivity index (χ4n) is 2.38. The fourth-order valence-corrected chi connectivity index (χ4v) is 2.38. The Bertz CT molecular complexity index is 968. The SMILES string of the molecule is Cc1cc(NC(=O)COc2ccc(-c3nnco3)cc2)c([N+](=O)[O-])cc1C. The van der Waals surface area contributed by atoms with Crippen LogP contribution in [0.3, 0.4) is 0 Å². The Kier molecular flexibility index (Phi) is 5.11. The zero-order chi connectivity index (χ0) is 19.4. The molecule has 0 saturated carbocycles. The van der Waals surface area contributed by atoms with E-state index in [0.29, 0.717) is 11.6 Å². The number of hydrogen-bond donors (Lipinski definition) is 1. The van der Waals surface area contributed by atoms with Gasteiger partial charge in [0.1, 0.15) is 11.4 Å². The normalized spacial score (nSPS) is 10.4. The van der Waals surface area contributed by atoms with Crippen molar-refractivity contribution in [3.8, 4) is 17.2 Å². The predicted molar refractivity (Wildman–Crippen MR) is 96.4 cm³/mol. The van der Waals surface area contributed by atoms with Gasteiger partial charge in [0, 0.05) is 11.6 Å². The number of anilines is 1. The number of nitrogens with zero attached hydrogens (tertiary/aromatic N) is 3. The van der Waals surface area contributed by atoms with E-state index in [9.17, 15) is 14.9 Å². The molecule has 0 spiro atoms. The van der Waals surface area contributed by atoms with Gasteiger partial charge in [-0.15, -0.1) is 10.2 Å². The zero-order valence-corrected chi connectivity index (χ0v) is 14.6. The number of rotatable bonds is 6. The molecule has 9 heteroatoms. The van der Waals surface area contributed by atoms with Crippen LogP contribution < -0.4 is 10.1 Å². The molecular weight excluding hydrogens is 352 g/mol. The number of amides is 1. The van der Waals surface area contributed by atoms with Gasteiger partial charge in [0.2, 0.25) is 12.3 Å². The molecule has 9 nitrogen and oxygen atoms in total. The summed E-state index contributed by atoms with van der Waals surface area (Å²) in [6.45, 7) is 3.30. The average molecular weight is 368 g/mol. The van der Waals surface area contributed by atoms with E-state index in [1.807, 2.05) is 6.92 Å². The van der Waals surface area contributed by atoms with Crippen LogP contribution in [0.4, 0.5) is 11.4 Å². The van der Waals surface area contributed by atoms with Crippen molar-refractivity contribution in [1.82, 2.24) is 10.2 Å². The molecule has 27 heavy (non-hydrogen) atoms. The molecular formula is C18H16N4O5. The highest BCUT2D eigenvalue weighted by Crippen LogP contribution is 2.28. The topological polar surface area (TPSA) is 120 Å². The third-order valence-corrected chi connectivity index (χ3v) is 3.91. The number of aromatic nitrogens is 2. The lowest BCUT2D eigenvalue weighted by molar-refractivity contribution is -0.384. The molecule has 1 heterocycles. The number of hydrogen-bond acceptors (Lipinski definition) is 7. The molecule has 0 aliphatic carbocycles. The number of nitrogens with one attached hydrogen (secondary N) is 1. The molecule has 1 aromatic heterocycles.